The van der Waals surface area contributed by atoms with Gasteiger partial charge in [-0.2, -0.15) is 0 Å². The number of anilines is 1. The van der Waals surface area contributed by atoms with Crippen LogP contribution in [0.1, 0.15) is 5.56 Å². The molecule has 0 aliphatic carbocycles. The zero-order chi connectivity index (χ0) is 14.5. The van der Waals surface area contributed by atoms with Gasteiger partial charge in [-0.25, -0.2) is 0 Å². The van der Waals surface area contributed by atoms with Gasteiger partial charge in [0.05, 0.1) is 14.2 Å². The number of methoxy groups -OCH3 is 2. The van der Waals surface area contributed by atoms with Crippen LogP contribution < -0.4 is 14.8 Å². The van der Waals surface area contributed by atoms with Crippen LogP contribution in [0, 0.1) is 0 Å². The predicted octanol–water partition coefficient (Wildman–Crippen LogP) is 3.67. The van der Waals surface area contributed by atoms with Crippen molar-refractivity contribution in [1.82, 2.24) is 0 Å². The Morgan fingerprint density at radius 1 is 1.05 bits per heavy atom. The summed E-state index contributed by atoms with van der Waals surface area (Å²) in [6, 6.07) is 10.6. The fourth-order valence-electron chi connectivity index (χ4n) is 1.88. The van der Waals surface area contributed by atoms with Crippen LogP contribution in [-0.2, 0) is 6.54 Å². The predicted molar refractivity (Wildman–Crippen MR) is 80.0 cm³/mol. The molecule has 4 nitrogen and oxygen atoms in total. The van der Waals surface area contributed by atoms with Crippen LogP contribution in [-0.4, -0.2) is 19.3 Å². The average Bonchev–Trinajstić information content (AvgIpc) is 2.45. The number of benzene rings is 2. The molecule has 0 unspecified atom stereocenters. The minimum absolute atomic E-state index is 0.0931. The van der Waals surface area contributed by atoms with E-state index in [1.54, 1.807) is 25.3 Å². The summed E-state index contributed by atoms with van der Waals surface area (Å²) in [5, 5.41) is 13.6. The molecule has 2 rings (SSSR count). The van der Waals surface area contributed by atoms with E-state index in [1.807, 2.05) is 18.2 Å². The second kappa shape index (κ2) is 6.39. The van der Waals surface area contributed by atoms with Gasteiger partial charge >= 0.3 is 0 Å². The quantitative estimate of drug-likeness (QED) is 0.883. The molecule has 0 saturated heterocycles. The monoisotopic (exact) mass is 293 g/mol. The Hall–Kier alpha value is -2.07. The lowest BCUT2D eigenvalue weighted by molar-refractivity contribution is 0.373. The first-order valence-corrected chi connectivity index (χ1v) is 6.45. The van der Waals surface area contributed by atoms with Gasteiger partial charge in [-0.1, -0.05) is 11.6 Å². The zero-order valence-corrected chi connectivity index (χ0v) is 12.1. The van der Waals surface area contributed by atoms with Crippen molar-refractivity contribution in [2.24, 2.45) is 0 Å². The number of hydrogen-bond donors (Lipinski definition) is 2. The maximum Gasteiger partial charge on any atom is 0.160 e. The summed E-state index contributed by atoms with van der Waals surface area (Å²) in [6.45, 7) is 0.537. The summed E-state index contributed by atoms with van der Waals surface area (Å²) in [7, 11) is 3.13. The van der Waals surface area contributed by atoms with E-state index in [9.17, 15) is 5.11 Å². The second-order valence-electron chi connectivity index (χ2n) is 4.20. The molecule has 2 aromatic carbocycles. The van der Waals surface area contributed by atoms with Crippen LogP contribution in [0.5, 0.6) is 17.2 Å². The Balaban J connectivity index is 2.12. The topological polar surface area (TPSA) is 50.7 Å². The lowest BCUT2D eigenvalue weighted by atomic mass is 10.2. The molecule has 0 bridgehead atoms. The molecule has 0 aliphatic rings. The van der Waals surface area contributed by atoms with Crippen LogP contribution in [0.2, 0.25) is 5.02 Å². The van der Waals surface area contributed by atoms with E-state index in [2.05, 4.69) is 5.32 Å². The van der Waals surface area contributed by atoms with Gasteiger partial charge in [0.25, 0.3) is 0 Å². The Morgan fingerprint density at radius 3 is 2.40 bits per heavy atom. The third kappa shape index (κ3) is 3.27. The van der Waals surface area contributed by atoms with Gasteiger partial charge in [-0.05, 0) is 30.3 Å². The number of ether oxygens (including phenoxy) is 2. The van der Waals surface area contributed by atoms with Crippen molar-refractivity contribution in [3.8, 4) is 17.2 Å². The van der Waals surface area contributed by atoms with Crippen molar-refractivity contribution in [1.29, 1.82) is 0 Å². The number of phenols is 1. The molecule has 2 aromatic rings. The fraction of sp³-hybridized carbons (Fsp3) is 0.200. The lowest BCUT2D eigenvalue weighted by Gasteiger charge is -2.12. The molecular weight excluding hydrogens is 278 g/mol. The van der Waals surface area contributed by atoms with E-state index in [4.69, 9.17) is 21.1 Å². The van der Waals surface area contributed by atoms with Gasteiger partial charge in [-0.3, -0.25) is 0 Å². The highest BCUT2D eigenvalue weighted by atomic mass is 35.5. The van der Waals surface area contributed by atoms with E-state index in [1.165, 1.54) is 7.11 Å². The highest BCUT2D eigenvalue weighted by Crippen LogP contribution is 2.29. The third-order valence-electron chi connectivity index (χ3n) is 2.90. The summed E-state index contributed by atoms with van der Waals surface area (Å²) in [5.41, 5.74) is 1.72. The van der Waals surface area contributed by atoms with E-state index >= 15 is 0 Å². The second-order valence-corrected chi connectivity index (χ2v) is 4.63. The Labute approximate surface area is 122 Å². The summed E-state index contributed by atoms with van der Waals surface area (Å²) in [6.07, 6.45) is 0. The van der Waals surface area contributed by atoms with Gasteiger partial charge in [-0.15, -0.1) is 0 Å². The maximum atomic E-state index is 9.72. The molecule has 0 amide bonds. The number of aromatic hydroxyl groups is 1. The van der Waals surface area contributed by atoms with Gasteiger partial charge in [0.2, 0.25) is 0 Å². The van der Waals surface area contributed by atoms with Crippen molar-refractivity contribution in [2.45, 2.75) is 6.54 Å². The average molecular weight is 294 g/mol. The first-order valence-electron chi connectivity index (χ1n) is 6.07. The molecule has 0 heterocycles. The molecule has 0 radical (unpaired) electrons. The van der Waals surface area contributed by atoms with Crippen LogP contribution >= 0.6 is 11.6 Å². The van der Waals surface area contributed by atoms with Crippen molar-refractivity contribution >= 4 is 17.3 Å². The highest BCUT2D eigenvalue weighted by molar-refractivity contribution is 6.30. The minimum Gasteiger partial charge on any atom is -0.504 e. The first-order chi connectivity index (χ1) is 9.63. The molecule has 0 spiro atoms. The van der Waals surface area contributed by atoms with E-state index in [0.717, 1.165) is 17.0 Å². The van der Waals surface area contributed by atoms with Crippen LogP contribution in [0.25, 0.3) is 0 Å². The molecule has 20 heavy (non-hydrogen) atoms. The zero-order valence-electron chi connectivity index (χ0n) is 11.3. The molecule has 5 heteroatoms. The molecule has 0 saturated carbocycles. The number of nitrogens with one attached hydrogen (secondary N) is 1. The van der Waals surface area contributed by atoms with Crippen LogP contribution in [0.3, 0.4) is 0 Å². The molecule has 106 valence electrons. The molecule has 0 fully saturated rings. The van der Waals surface area contributed by atoms with E-state index in [-0.39, 0.29) is 5.75 Å². The summed E-state index contributed by atoms with van der Waals surface area (Å²) >= 11 is 5.98. The van der Waals surface area contributed by atoms with Crippen molar-refractivity contribution in [2.75, 3.05) is 19.5 Å². The van der Waals surface area contributed by atoms with E-state index < -0.39 is 0 Å². The van der Waals surface area contributed by atoms with Crippen molar-refractivity contribution < 1.29 is 14.6 Å². The highest BCUT2D eigenvalue weighted by Gasteiger charge is 2.06. The number of halogens is 1. The Kier molecular flexibility index (Phi) is 4.58. The Morgan fingerprint density at radius 2 is 1.75 bits per heavy atom. The standard InChI is InChI=1S/C15H16ClNO3/c1-19-14-5-3-11(16)7-10(14)9-17-12-4-6-15(20-2)13(18)8-12/h3-8,17-18H,9H2,1-2H3. The van der Waals surface area contributed by atoms with Gasteiger partial charge in [0.1, 0.15) is 5.75 Å². The number of rotatable bonds is 5. The maximum absolute atomic E-state index is 9.72. The SMILES string of the molecule is COc1ccc(NCc2cc(Cl)ccc2OC)cc1O. The smallest absolute Gasteiger partial charge is 0.160 e. The van der Waals surface area contributed by atoms with Crippen molar-refractivity contribution in [3.05, 3.63) is 47.0 Å². The molecule has 0 atom stereocenters. The molecular formula is C15H16ClNO3. The number of phenolic OH excluding ortho intramolecular Hbond substituents is 1. The lowest BCUT2D eigenvalue weighted by Crippen LogP contribution is -2.01. The van der Waals surface area contributed by atoms with E-state index in [0.29, 0.717) is 17.3 Å². The third-order valence-corrected chi connectivity index (χ3v) is 3.14. The molecule has 0 aromatic heterocycles. The minimum atomic E-state index is 0.0931. The molecule has 2 N–H and O–H groups in total. The summed E-state index contributed by atoms with van der Waals surface area (Å²) < 4.78 is 10.3. The van der Waals surface area contributed by atoms with Crippen LogP contribution in [0.15, 0.2) is 36.4 Å². The summed E-state index contributed by atoms with van der Waals surface area (Å²) in [4.78, 5) is 0. The van der Waals surface area contributed by atoms with Gasteiger partial charge < -0.3 is 19.9 Å². The molecule has 0 aliphatic heterocycles. The largest absolute Gasteiger partial charge is 0.504 e. The fourth-order valence-corrected chi connectivity index (χ4v) is 2.08. The normalized spacial score (nSPS) is 10.2. The van der Waals surface area contributed by atoms with Gasteiger partial charge in [0, 0.05) is 28.9 Å². The summed E-state index contributed by atoms with van der Waals surface area (Å²) in [5.74, 6) is 1.30. The first kappa shape index (κ1) is 14.3. The van der Waals surface area contributed by atoms with Crippen molar-refractivity contribution in [3.63, 3.8) is 0 Å². The Bertz CT molecular complexity index is 602. The van der Waals surface area contributed by atoms with Gasteiger partial charge in [0.15, 0.2) is 11.5 Å². The number of hydrogen-bond acceptors (Lipinski definition) is 4. The van der Waals surface area contributed by atoms with Crippen LogP contribution in [0.4, 0.5) is 5.69 Å².